The molecule has 1 amide bonds. The van der Waals surface area contributed by atoms with Crippen LogP contribution in [0, 0.1) is 17.2 Å². The van der Waals surface area contributed by atoms with Gasteiger partial charge in [0.25, 0.3) is 5.91 Å². The molecule has 4 nitrogen and oxygen atoms in total. The molecule has 0 spiro atoms. The zero-order chi connectivity index (χ0) is 16.8. The van der Waals surface area contributed by atoms with Gasteiger partial charge in [-0.2, -0.15) is 5.26 Å². The first kappa shape index (κ1) is 17.1. The van der Waals surface area contributed by atoms with Gasteiger partial charge in [-0.3, -0.25) is 4.79 Å². The normalized spacial score (nSPS) is 16.3. The van der Waals surface area contributed by atoms with Crippen molar-refractivity contribution in [1.29, 1.82) is 5.26 Å². The summed E-state index contributed by atoms with van der Waals surface area (Å²) < 4.78 is 0. The van der Waals surface area contributed by atoms with E-state index in [1.54, 1.807) is 6.20 Å². The SMILES string of the molecule is CC1CCN(/C=C(/C#N)C(=O)Nc2ccc(C(C)C)cc2)CC1. The maximum Gasteiger partial charge on any atom is 0.267 e. The minimum Gasteiger partial charge on any atom is -0.376 e. The lowest BCUT2D eigenvalue weighted by molar-refractivity contribution is -0.112. The Balaban J connectivity index is 2.01. The quantitative estimate of drug-likeness (QED) is 0.678. The second-order valence-electron chi connectivity index (χ2n) is 6.60. The molecular formula is C19H25N3O. The molecular weight excluding hydrogens is 286 g/mol. The number of nitriles is 1. The van der Waals surface area contributed by atoms with Crippen molar-refractivity contribution in [2.75, 3.05) is 18.4 Å². The minimum atomic E-state index is -0.344. The molecule has 1 fully saturated rings. The zero-order valence-corrected chi connectivity index (χ0v) is 14.2. The number of hydrogen-bond donors (Lipinski definition) is 1. The third-order valence-electron chi connectivity index (χ3n) is 4.33. The Kier molecular flexibility index (Phi) is 5.81. The summed E-state index contributed by atoms with van der Waals surface area (Å²) in [6, 6.07) is 9.78. The molecule has 0 atom stereocenters. The third kappa shape index (κ3) is 4.85. The Morgan fingerprint density at radius 3 is 2.43 bits per heavy atom. The van der Waals surface area contributed by atoms with Crippen molar-refractivity contribution in [2.24, 2.45) is 5.92 Å². The third-order valence-corrected chi connectivity index (χ3v) is 4.33. The molecule has 0 radical (unpaired) electrons. The number of nitrogens with one attached hydrogen (secondary N) is 1. The summed E-state index contributed by atoms with van der Waals surface area (Å²) >= 11 is 0. The van der Waals surface area contributed by atoms with E-state index >= 15 is 0 Å². The Hall–Kier alpha value is -2.28. The fourth-order valence-corrected chi connectivity index (χ4v) is 2.63. The number of carbonyl (C=O) groups excluding carboxylic acids is 1. The summed E-state index contributed by atoms with van der Waals surface area (Å²) in [5.41, 5.74) is 2.10. The number of anilines is 1. The minimum absolute atomic E-state index is 0.160. The molecule has 1 N–H and O–H groups in total. The van der Waals surface area contributed by atoms with E-state index in [4.69, 9.17) is 0 Å². The Labute approximate surface area is 138 Å². The van der Waals surface area contributed by atoms with Crippen LogP contribution in [0.2, 0.25) is 0 Å². The van der Waals surface area contributed by atoms with Crippen LogP contribution in [0.4, 0.5) is 5.69 Å². The highest BCUT2D eigenvalue weighted by Gasteiger charge is 2.16. The second-order valence-corrected chi connectivity index (χ2v) is 6.60. The lowest BCUT2D eigenvalue weighted by Gasteiger charge is -2.29. The highest BCUT2D eigenvalue weighted by atomic mass is 16.1. The van der Waals surface area contributed by atoms with Gasteiger partial charge in [-0.25, -0.2) is 0 Å². The van der Waals surface area contributed by atoms with Gasteiger partial charge < -0.3 is 10.2 Å². The van der Waals surface area contributed by atoms with Crippen molar-refractivity contribution in [2.45, 2.75) is 39.5 Å². The lowest BCUT2D eigenvalue weighted by Crippen LogP contribution is -2.29. The molecule has 1 aromatic rings. The summed E-state index contributed by atoms with van der Waals surface area (Å²) in [4.78, 5) is 14.3. The van der Waals surface area contributed by atoms with Crippen LogP contribution in [0.25, 0.3) is 0 Å². The summed E-state index contributed by atoms with van der Waals surface area (Å²) in [6.07, 6.45) is 3.91. The van der Waals surface area contributed by atoms with Crippen molar-refractivity contribution in [3.63, 3.8) is 0 Å². The standard InChI is InChI=1S/C19H25N3O/c1-14(2)16-4-6-18(7-5-16)21-19(23)17(12-20)13-22-10-8-15(3)9-11-22/h4-7,13-15H,8-11H2,1-3H3,(H,21,23)/b17-13-. The number of likely N-dealkylation sites (tertiary alicyclic amines) is 1. The molecule has 23 heavy (non-hydrogen) atoms. The fourth-order valence-electron chi connectivity index (χ4n) is 2.63. The van der Waals surface area contributed by atoms with Crippen LogP contribution in [-0.2, 0) is 4.79 Å². The van der Waals surface area contributed by atoms with E-state index in [1.165, 1.54) is 5.56 Å². The number of carbonyl (C=O) groups is 1. The molecule has 1 aromatic carbocycles. The monoisotopic (exact) mass is 311 g/mol. The summed E-state index contributed by atoms with van der Waals surface area (Å²) in [6.45, 7) is 8.30. The van der Waals surface area contributed by atoms with Gasteiger partial charge in [-0.1, -0.05) is 32.9 Å². The average Bonchev–Trinajstić information content (AvgIpc) is 2.54. The van der Waals surface area contributed by atoms with E-state index in [2.05, 4.69) is 31.0 Å². The molecule has 0 unspecified atom stereocenters. The molecule has 0 bridgehead atoms. The predicted molar refractivity (Wildman–Crippen MR) is 92.8 cm³/mol. The lowest BCUT2D eigenvalue weighted by atomic mass is 9.99. The zero-order valence-electron chi connectivity index (χ0n) is 14.2. The van der Waals surface area contributed by atoms with Crippen molar-refractivity contribution in [3.05, 3.63) is 41.6 Å². The van der Waals surface area contributed by atoms with E-state index in [9.17, 15) is 10.1 Å². The van der Waals surface area contributed by atoms with Gasteiger partial charge in [0.2, 0.25) is 0 Å². The van der Waals surface area contributed by atoms with Crippen LogP contribution >= 0.6 is 0 Å². The van der Waals surface area contributed by atoms with Crippen molar-refractivity contribution in [1.82, 2.24) is 4.90 Å². The predicted octanol–water partition coefficient (Wildman–Crippen LogP) is 3.89. The number of benzene rings is 1. The Bertz CT molecular complexity index is 602. The summed E-state index contributed by atoms with van der Waals surface area (Å²) in [7, 11) is 0. The van der Waals surface area contributed by atoms with Gasteiger partial charge in [0.1, 0.15) is 11.6 Å². The maximum atomic E-state index is 12.3. The molecule has 1 aliphatic rings. The van der Waals surface area contributed by atoms with Gasteiger partial charge in [0, 0.05) is 25.0 Å². The number of piperidine rings is 1. The molecule has 1 heterocycles. The second kappa shape index (κ2) is 7.82. The number of nitrogens with zero attached hydrogens (tertiary/aromatic N) is 2. The number of hydrogen-bond acceptors (Lipinski definition) is 3. The van der Waals surface area contributed by atoms with Crippen LogP contribution in [0.5, 0.6) is 0 Å². The topological polar surface area (TPSA) is 56.1 Å². The highest BCUT2D eigenvalue weighted by Crippen LogP contribution is 2.19. The van der Waals surface area contributed by atoms with Crippen LogP contribution in [-0.4, -0.2) is 23.9 Å². The van der Waals surface area contributed by atoms with E-state index in [0.29, 0.717) is 11.6 Å². The summed E-state index contributed by atoms with van der Waals surface area (Å²) in [5.74, 6) is 0.831. The van der Waals surface area contributed by atoms with Crippen LogP contribution in [0.1, 0.15) is 45.1 Å². The number of amides is 1. The highest BCUT2D eigenvalue weighted by molar-refractivity contribution is 6.06. The van der Waals surface area contributed by atoms with Gasteiger partial charge in [0.15, 0.2) is 0 Å². The van der Waals surface area contributed by atoms with Crippen LogP contribution in [0.15, 0.2) is 36.0 Å². The summed E-state index contributed by atoms with van der Waals surface area (Å²) in [5, 5.41) is 12.1. The van der Waals surface area contributed by atoms with E-state index in [1.807, 2.05) is 30.3 Å². The van der Waals surface area contributed by atoms with E-state index < -0.39 is 0 Å². The first-order valence-electron chi connectivity index (χ1n) is 8.27. The molecule has 1 saturated heterocycles. The molecule has 122 valence electrons. The first-order chi connectivity index (χ1) is 11.0. The van der Waals surface area contributed by atoms with Gasteiger partial charge in [-0.05, 0) is 42.4 Å². The van der Waals surface area contributed by atoms with E-state index in [-0.39, 0.29) is 11.5 Å². The largest absolute Gasteiger partial charge is 0.376 e. The smallest absolute Gasteiger partial charge is 0.267 e. The van der Waals surface area contributed by atoms with Crippen molar-refractivity contribution in [3.8, 4) is 6.07 Å². The number of rotatable bonds is 4. The Morgan fingerprint density at radius 2 is 1.91 bits per heavy atom. The molecule has 4 heteroatoms. The first-order valence-corrected chi connectivity index (χ1v) is 8.27. The van der Waals surface area contributed by atoms with Gasteiger partial charge in [-0.15, -0.1) is 0 Å². The fraction of sp³-hybridized carbons (Fsp3) is 0.474. The van der Waals surface area contributed by atoms with Crippen LogP contribution < -0.4 is 5.32 Å². The molecule has 0 saturated carbocycles. The average molecular weight is 311 g/mol. The van der Waals surface area contributed by atoms with Gasteiger partial charge in [0.05, 0.1) is 0 Å². The molecule has 2 rings (SSSR count). The maximum absolute atomic E-state index is 12.3. The van der Waals surface area contributed by atoms with E-state index in [0.717, 1.165) is 31.8 Å². The molecule has 0 aliphatic carbocycles. The van der Waals surface area contributed by atoms with Crippen molar-refractivity contribution >= 4 is 11.6 Å². The Morgan fingerprint density at radius 1 is 1.30 bits per heavy atom. The molecule has 1 aliphatic heterocycles. The van der Waals surface area contributed by atoms with Crippen molar-refractivity contribution < 1.29 is 4.79 Å². The molecule has 0 aromatic heterocycles. The van der Waals surface area contributed by atoms with Gasteiger partial charge >= 0.3 is 0 Å². The van der Waals surface area contributed by atoms with Crippen LogP contribution in [0.3, 0.4) is 0 Å².